The number of benzene rings is 1. The van der Waals surface area contributed by atoms with Gasteiger partial charge in [0.1, 0.15) is 4.99 Å². The van der Waals surface area contributed by atoms with Crippen LogP contribution in [-0.4, -0.2) is 20.2 Å². The molecular weight excluding hydrogens is 359 g/mol. The van der Waals surface area contributed by atoms with E-state index in [9.17, 15) is 4.39 Å². The highest BCUT2D eigenvalue weighted by Gasteiger charge is 2.17. The van der Waals surface area contributed by atoms with Gasteiger partial charge in [0.05, 0.1) is 10.7 Å². The van der Waals surface area contributed by atoms with Crippen LogP contribution in [0.5, 0.6) is 11.5 Å². The molecular formula is C13H8BrFN4OS. The van der Waals surface area contributed by atoms with Crippen molar-refractivity contribution in [1.82, 2.24) is 15.2 Å². The van der Waals surface area contributed by atoms with Gasteiger partial charge in [-0.25, -0.2) is 4.39 Å². The normalized spacial score (nSPS) is 10.8. The average molecular weight is 367 g/mol. The van der Waals surface area contributed by atoms with Crippen molar-refractivity contribution < 1.29 is 9.13 Å². The number of rotatable bonds is 3. The molecule has 2 aromatic heterocycles. The van der Waals surface area contributed by atoms with E-state index in [1.165, 1.54) is 18.3 Å². The number of nitrogens with zero attached hydrogens (tertiary/aromatic N) is 2. The Morgan fingerprint density at radius 1 is 1.43 bits per heavy atom. The number of thiocarbonyl (C=S) groups is 1. The summed E-state index contributed by atoms with van der Waals surface area (Å²) >= 11 is 8.23. The number of halogens is 2. The second-order valence-electron chi connectivity index (χ2n) is 4.15. The third-order valence-electron chi connectivity index (χ3n) is 2.83. The lowest BCUT2D eigenvalue weighted by atomic mass is 10.2. The fourth-order valence-electron chi connectivity index (χ4n) is 1.89. The first kappa shape index (κ1) is 13.9. The van der Waals surface area contributed by atoms with Crippen LogP contribution in [0.1, 0.15) is 5.69 Å². The standard InChI is InChI=1S/C13H8BrFN4OS/c14-10-6-1-3-17-8(6)5-7(15)12(10)20-9-2-4-18-19-11(9)13(16)21/h1-5,17H,(H2,16,21). The molecule has 1 aromatic carbocycles. The number of H-pyrrole nitrogens is 1. The van der Waals surface area contributed by atoms with E-state index in [-0.39, 0.29) is 22.2 Å². The van der Waals surface area contributed by atoms with Gasteiger partial charge < -0.3 is 15.5 Å². The summed E-state index contributed by atoms with van der Waals surface area (Å²) in [5.74, 6) is -0.248. The Hall–Kier alpha value is -2.06. The molecule has 2 heterocycles. The number of ether oxygens (including phenoxy) is 1. The minimum atomic E-state index is -0.525. The predicted octanol–water partition coefficient (Wildman–Crippen LogP) is 3.29. The molecule has 3 aromatic rings. The van der Waals surface area contributed by atoms with E-state index in [1.807, 2.05) is 6.07 Å². The maximum atomic E-state index is 14.2. The summed E-state index contributed by atoms with van der Waals surface area (Å²) in [4.78, 5) is 2.96. The second kappa shape index (κ2) is 5.38. The van der Waals surface area contributed by atoms with E-state index < -0.39 is 5.82 Å². The highest BCUT2D eigenvalue weighted by atomic mass is 79.9. The van der Waals surface area contributed by atoms with Gasteiger partial charge in [-0.1, -0.05) is 12.2 Å². The Labute approximate surface area is 132 Å². The first-order valence-electron chi connectivity index (χ1n) is 5.82. The maximum Gasteiger partial charge on any atom is 0.178 e. The van der Waals surface area contributed by atoms with E-state index in [2.05, 4.69) is 31.1 Å². The van der Waals surface area contributed by atoms with Gasteiger partial charge >= 0.3 is 0 Å². The van der Waals surface area contributed by atoms with Crippen molar-refractivity contribution in [3.05, 3.63) is 46.6 Å². The van der Waals surface area contributed by atoms with Crippen molar-refractivity contribution in [2.75, 3.05) is 0 Å². The molecule has 0 radical (unpaired) electrons. The topological polar surface area (TPSA) is 76.8 Å². The van der Waals surface area contributed by atoms with Gasteiger partial charge in [-0.3, -0.25) is 0 Å². The highest BCUT2D eigenvalue weighted by Crippen LogP contribution is 2.38. The Bertz CT molecular complexity index is 851. The Morgan fingerprint density at radius 3 is 3.00 bits per heavy atom. The molecule has 0 saturated heterocycles. The molecule has 0 spiro atoms. The summed E-state index contributed by atoms with van der Waals surface area (Å²) in [6, 6.07) is 4.68. The molecule has 5 nitrogen and oxygen atoms in total. The van der Waals surface area contributed by atoms with Crippen LogP contribution in [0.4, 0.5) is 4.39 Å². The number of fused-ring (bicyclic) bond motifs is 1. The number of hydrogen-bond acceptors (Lipinski definition) is 4. The quantitative estimate of drug-likeness (QED) is 0.695. The van der Waals surface area contributed by atoms with Gasteiger partial charge in [0.25, 0.3) is 0 Å². The number of nitrogens with one attached hydrogen (secondary N) is 1. The third kappa shape index (κ3) is 2.47. The number of aromatic amines is 1. The van der Waals surface area contributed by atoms with Crippen molar-refractivity contribution in [1.29, 1.82) is 0 Å². The van der Waals surface area contributed by atoms with E-state index in [4.69, 9.17) is 22.7 Å². The van der Waals surface area contributed by atoms with Gasteiger partial charge in [0.2, 0.25) is 0 Å². The van der Waals surface area contributed by atoms with Gasteiger partial charge in [0, 0.05) is 29.2 Å². The Morgan fingerprint density at radius 2 is 2.24 bits per heavy atom. The maximum absolute atomic E-state index is 14.2. The molecule has 106 valence electrons. The fourth-order valence-corrected chi connectivity index (χ4v) is 2.65. The molecule has 0 aliphatic rings. The van der Waals surface area contributed by atoms with Crippen LogP contribution >= 0.6 is 28.1 Å². The smallest absolute Gasteiger partial charge is 0.178 e. The van der Waals surface area contributed by atoms with Crippen molar-refractivity contribution >= 4 is 44.0 Å². The van der Waals surface area contributed by atoms with Crippen LogP contribution < -0.4 is 10.5 Å². The lowest BCUT2D eigenvalue weighted by molar-refractivity contribution is 0.437. The third-order valence-corrected chi connectivity index (χ3v) is 3.81. The molecule has 0 fully saturated rings. The van der Waals surface area contributed by atoms with Crippen molar-refractivity contribution in [3.63, 3.8) is 0 Å². The van der Waals surface area contributed by atoms with Crippen molar-refractivity contribution in [2.45, 2.75) is 0 Å². The molecule has 3 N–H and O–H groups in total. The summed E-state index contributed by atoms with van der Waals surface area (Å²) in [5, 5.41) is 8.28. The molecule has 0 amide bonds. The molecule has 0 atom stereocenters. The zero-order valence-electron chi connectivity index (χ0n) is 10.4. The van der Waals surface area contributed by atoms with Gasteiger partial charge in [0.15, 0.2) is 23.0 Å². The summed E-state index contributed by atoms with van der Waals surface area (Å²) in [7, 11) is 0. The Balaban J connectivity index is 2.12. The van der Waals surface area contributed by atoms with Crippen molar-refractivity contribution in [2.24, 2.45) is 5.73 Å². The number of aromatic nitrogens is 3. The number of nitrogens with two attached hydrogens (primary N) is 1. The molecule has 0 bridgehead atoms. The largest absolute Gasteiger partial charge is 0.451 e. The van der Waals surface area contributed by atoms with Crippen LogP contribution in [0.3, 0.4) is 0 Å². The van der Waals surface area contributed by atoms with Crippen LogP contribution in [-0.2, 0) is 0 Å². The van der Waals surface area contributed by atoms with E-state index >= 15 is 0 Å². The first-order chi connectivity index (χ1) is 10.1. The molecule has 8 heteroatoms. The molecule has 3 rings (SSSR count). The molecule has 21 heavy (non-hydrogen) atoms. The van der Waals surface area contributed by atoms with Crippen LogP contribution in [0, 0.1) is 5.82 Å². The zero-order chi connectivity index (χ0) is 15.0. The minimum Gasteiger partial charge on any atom is -0.451 e. The fraction of sp³-hybridized carbons (Fsp3) is 0. The summed E-state index contributed by atoms with van der Waals surface area (Å²) < 4.78 is 20.3. The molecule has 0 unspecified atom stereocenters. The first-order valence-corrected chi connectivity index (χ1v) is 7.02. The predicted molar refractivity (Wildman–Crippen MR) is 84.0 cm³/mol. The van der Waals surface area contributed by atoms with Gasteiger partial charge in [-0.2, -0.15) is 5.10 Å². The number of hydrogen-bond donors (Lipinski definition) is 2. The Kier molecular flexibility index (Phi) is 3.56. The lowest BCUT2D eigenvalue weighted by Crippen LogP contribution is -2.13. The van der Waals surface area contributed by atoms with Gasteiger partial charge in [-0.15, -0.1) is 5.10 Å². The van der Waals surface area contributed by atoms with Crippen LogP contribution in [0.15, 0.2) is 35.1 Å². The monoisotopic (exact) mass is 366 g/mol. The molecule has 0 aliphatic heterocycles. The highest BCUT2D eigenvalue weighted by molar-refractivity contribution is 9.10. The van der Waals surface area contributed by atoms with E-state index in [0.29, 0.717) is 9.99 Å². The lowest BCUT2D eigenvalue weighted by Gasteiger charge is -2.11. The van der Waals surface area contributed by atoms with Gasteiger partial charge in [-0.05, 0) is 22.0 Å². The van der Waals surface area contributed by atoms with Crippen molar-refractivity contribution in [3.8, 4) is 11.5 Å². The SMILES string of the molecule is NC(=S)c1nnccc1Oc1c(F)cc2[nH]ccc2c1Br. The average Bonchev–Trinajstić information content (AvgIpc) is 2.92. The molecule has 0 saturated carbocycles. The summed E-state index contributed by atoms with van der Waals surface area (Å²) in [6.07, 6.45) is 3.13. The minimum absolute atomic E-state index is 0.0253. The second-order valence-corrected chi connectivity index (χ2v) is 5.38. The summed E-state index contributed by atoms with van der Waals surface area (Å²) in [5.41, 5.74) is 6.42. The molecule has 0 aliphatic carbocycles. The zero-order valence-corrected chi connectivity index (χ0v) is 12.8. The summed E-state index contributed by atoms with van der Waals surface area (Å²) in [6.45, 7) is 0. The van der Waals surface area contributed by atoms with Crippen LogP contribution in [0.2, 0.25) is 0 Å². The van der Waals surface area contributed by atoms with Crippen LogP contribution in [0.25, 0.3) is 10.9 Å². The van der Waals surface area contributed by atoms with E-state index in [1.54, 1.807) is 6.20 Å². The van der Waals surface area contributed by atoms with E-state index in [0.717, 1.165) is 5.39 Å².